The number of likely N-dealkylation sites (tertiary alicyclic amines) is 1. The summed E-state index contributed by atoms with van der Waals surface area (Å²) in [5.41, 5.74) is -0.880. The molecular weight excluding hydrogens is 236 g/mol. The summed E-state index contributed by atoms with van der Waals surface area (Å²) in [6, 6.07) is 0. The first-order valence-electron chi connectivity index (χ1n) is 5.99. The van der Waals surface area contributed by atoms with Gasteiger partial charge in [0.05, 0.1) is 13.2 Å². The lowest BCUT2D eigenvalue weighted by molar-refractivity contribution is -0.153. The Morgan fingerprint density at radius 2 is 2.39 bits per heavy atom. The molecule has 0 aromatic carbocycles. The van der Waals surface area contributed by atoms with Gasteiger partial charge >= 0.3 is 5.97 Å². The van der Waals surface area contributed by atoms with Crippen LogP contribution < -0.4 is 0 Å². The van der Waals surface area contributed by atoms with Crippen molar-refractivity contribution in [2.45, 2.75) is 24.9 Å². The average molecular weight is 254 g/mol. The van der Waals surface area contributed by atoms with Crippen LogP contribution in [0.15, 0.2) is 12.7 Å². The number of methoxy groups -OCH3 is 1. The van der Waals surface area contributed by atoms with E-state index in [0.717, 1.165) is 13.0 Å². The Labute approximate surface area is 105 Å². The molecule has 18 heavy (non-hydrogen) atoms. The van der Waals surface area contributed by atoms with Crippen LogP contribution in [-0.4, -0.2) is 63.1 Å². The van der Waals surface area contributed by atoms with Gasteiger partial charge in [0.25, 0.3) is 0 Å². The monoisotopic (exact) mass is 254 g/mol. The second kappa shape index (κ2) is 5.45. The SMILES string of the molecule is COCC1(C(=O)O)CCCN1CCn1cncn1. The number of hydrogen-bond donors (Lipinski definition) is 1. The molecule has 0 bridgehead atoms. The second-order valence-electron chi connectivity index (χ2n) is 4.52. The van der Waals surface area contributed by atoms with E-state index in [1.807, 2.05) is 4.90 Å². The van der Waals surface area contributed by atoms with E-state index in [2.05, 4.69) is 10.1 Å². The minimum absolute atomic E-state index is 0.222. The number of hydrogen-bond acceptors (Lipinski definition) is 5. The zero-order chi connectivity index (χ0) is 13.0. The molecule has 1 aromatic rings. The Morgan fingerprint density at radius 3 is 3.00 bits per heavy atom. The Kier molecular flexibility index (Phi) is 3.93. The van der Waals surface area contributed by atoms with Crippen LogP contribution in [0.2, 0.25) is 0 Å². The maximum Gasteiger partial charge on any atom is 0.326 e. The highest BCUT2D eigenvalue weighted by atomic mass is 16.5. The fourth-order valence-corrected chi connectivity index (χ4v) is 2.54. The van der Waals surface area contributed by atoms with E-state index in [0.29, 0.717) is 19.5 Å². The molecule has 2 rings (SSSR count). The lowest BCUT2D eigenvalue weighted by atomic mass is 9.97. The molecule has 1 unspecified atom stereocenters. The first kappa shape index (κ1) is 13.0. The summed E-state index contributed by atoms with van der Waals surface area (Å²) in [6.45, 7) is 2.28. The molecule has 0 amide bonds. The smallest absolute Gasteiger partial charge is 0.326 e. The minimum Gasteiger partial charge on any atom is -0.480 e. The fraction of sp³-hybridized carbons (Fsp3) is 0.727. The summed E-state index contributed by atoms with van der Waals surface area (Å²) >= 11 is 0. The largest absolute Gasteiger partial charge is 0.480 e. The third-order valence-electron chi connectivity index (χ3n) is 3.47. The number of aromatic nitrogens is 3. The highest BCUT2D eigenvalue weighted by Gasteiger charge is 2.47. The van der Waals surface area contributed by atoms with Gasteiger partial charge in [0.2, 0.25) is 0 Å². The summed E-state index contributed by atoms with van der Waals surface area (Å²) in [5, 5.41) is 13.5. The van der Waals surface area contributed by atoms with Crippen LogP contribution in [0.5, 0.6) is 0 Å². The number of carbonyl (C=O) groups is 1. The first-order valence-corrected chi connectivity index (χ1v) is 5.99. The zero-order valence-corrected chi connectivity index (χ0v) is 10.4. The number of carboxylic acid groups (broad SMARTS) is 1. The van der Waals surface area contributed by atoms with Gasteiger partial charge < -0.3 is 9.84 Å². The van der Waals surface area contributed by atoms with Gasteiger partial charge in [-0.25, -0.2) is 4.98 Å². The van der Waals surface area contributed by atoms with Crippen molar-refractivity contribution in [2.24, 2.45) is 0 Å². The molecule has 1 fully saturated rings. The average Bonchev–Trinajstić information content (AvgIpc) is 2.96. The van der Waals surface area contributed by atoms with E-state index in [4.69, 9.17) is 4.74 Å². The van der Waals surface area contributed by atoms with E-state index in [1.165, 1.54) is 6.33 Å². The third-order valence-corrected chi connectivity index (χ3v) is 3.47. The van der Waals surface area contributed by atoms with Crippen LogP contribution in [0.25, 0.3) is 0 Å². The summed E-state index contributed by atoms with van der Waals surface area (Å²) < 4.78 is 6.81. The minimum atomic E-state index is -0.880. The second-order valence-corrected chi connectivity index (χ2v) is 4.52. The molecule has 2 heterocycles. The number of nitrogens with zero attached hydrogens (tertiary/aromatic N) is 4. The van der Waals surface area contributed by atoms with E-state index in [-0.39, 0.29) is 6.61 Å². The standard InChI is InChI=1S/C11H18N4O3/c1-18-7-11(10(16)17)3-2-4-14(11)5-6-15-9-12-8-13-15/h8-9H,2-7H2,1H3,(H,16,17). The molecule has 0 spiro atoms. The van der Waals surface area contributed by atoms with Crippen molar-refractivity contribution in [3.8, 4) is 0 Å². The first-order chi connectivity index (χ1) is 8.69. The maximum absolute atomic E-state index is 11.5. The Hall–Kier alpha value is -1.47. The van der Waals surface area contributed by atoms with Gasteiger partial charge in [0.1, 0.15) is 18.2 Å². The van der Waals surface area contributed by atoms with E-state index >= 15 is 0 Å². The van der Waals surface area contributed by atoms with Crippen molar-refractivity contribution in [1.82, 2.24) is 19.7 Å². The molecule has 100 valence electrons. The summed E-state index contributed by atoms with van der Waals surface area (Å²) in [7, 11) is 1.54. The molecule has 0 radical (unpaired) electrons. The lowest BCUT2D eigenvalue weighted by Gasteiger charge is -2.33. The Morgan fingerprint density at radius 1 is 1.56 bits per heavy atom. The molecule has 1 aliphatic heterocycles. The molecular formula is C11H18N4O3. The lowest BCUT2D eigenvalue weighted by Crippen LogP contribution is -2.54. The zero-order valence-electron chi connectivity index (χ0n) is 10.4. The molecule has 0 aliphatic carbocycles. The molecule has 1 saturated heterocycles. The molecule has 1 N–H and O–H groups in total. The summed E-state index contributed by atoms with van der Waals surface area (Å²) in [4.78, 5) is 17.4. The summed E-state index contributed by atoms with van der Waals surface area (Å²) in [6.07, 6.45) is 4.62. The van der Waals surface area contributed by atoms with Crippen molar-refractivity contribution < 1.29 is 14.6 Å². The molecule has 1 aliphatic rings. The van der Waals surface area contributed by atoms with Crippen LogP contribution in [0.1, 0.15) is 12.8 Å². The van der Waals surface area contributed by atoms with E-state index in [1.54, 1.807) is 18.1 Å². The van der Waals surface area contributed by atoms with Crippen molar-refractivity contribution in [2.75, 3.05) is 26.8 Å². The van der Waals surface area contributed by atoms with Crippen LogP contribution >= 0.6 is 0 Å². The predicted molar refractivity (Wildman–Crippen MR) is 63.1 cm³/mol. The molecule has 0 saturated carbocycles. The highest BCUT2D eigenvalue weighted by molar-refractivity contribution is 5.79. The van der Waals surface area contributed by atoms with Gasteiger partial charge in [-0.1, -0.05) is 0 Å². The number of aliphatic carboxylic acids is 1. The van der Waals surface area contributed by atoms with Crippen LogP contribution in [0.4, 0.5) is 0 Å². The molecule has 1 atom stereocenters. The van der Waals surface area contributed by atoms with E-state index < -0.39 is 11.5 Å². The topological polar surface area (TPSA) is 80.5 Å². The quantitative estimate of drug-likeness (QED) is 0.760. The van der Waals surface area contributed by atoms with Crippen LogP contribution in [-0.2, 0) is 16.1 Å². The van der Waals surface area contributed by atoms with Gasteiger partial charge in [0.15, 0.2) is 0 Å². The van der Waals surface area contributed by atoms with Crippen LogP contribution in [0.3, 0.4) is 0 Å². The van der Waals surface area contributed by atoms with Crippen molar-refractivity contribution in [3.63, 3.8) is 0 Å². The number of rotatable bonds is 6. The van der Waals surface area contributed by atoms with E-state index in [9.17, 15) is 9.90 Å². The van der Waals surface area contributed by atoms with Crippen LogP contribution in [0, 0.1) is 0 Å². The summed E-state index contributed by atoms with van der Waals surface area (Å²) in [5.74, 6) is -0.805. The predicted octanol–water partition coefficient (Wildman–Crippen LogP) is -0.156. The number of ether oxygens (including phenoxy) is 1. The maximum atomic E-state index is 11.5. The van der Waals surface area contributed by atoms with Crippen molar-refractivity contribution in [1.29, 1.82) is 0 Å². The van der Waals surface area contributed by atoms with Crippen molar-refractivity contribution >= 4 is 5.97 Å². The molecule has 1 aromatic heterocycles. The fourth-order valence-electron chi connectivity index (χ4n) is 2.54. The van der Waals surface area contributed by atoms with Gasteiger partial charge in [-0.05, 0) is 19.4 Å². The van der Waals surface area contributed by atoms with Gasteiger partial charge in [-0.3, -0.25) is 14.4 Å². The van der Waals surface area contributed by atoms with Gasteiger partial charge in [-0.15, -0.1) is 0 Å². The third kappa shape index (κ3) is 2.37. The Bertz CT molecular complexity index is 395. The Balaban J connectivity index is 2.03. The normalized spacial score (nSPS) is 24.5. The van der Waals surface area contributed by atoms with Gasteiger partial charge in [-0.2, -0.15) is 5.10 Å². The molecule has 7 heteroatoms. The van der Waals surface area contributed by atoms with Gasteiger partial charge in [0, 0.05) is 13.7 Å². The number of carboxylic acids is 1. The molecule has 7 nitrogen and oxygen atoms in total. The van der Waals surface area contributed by atoms with Crippen molar-refractivity contribution in [3.05, 3.63) is 12.7 Å². The highest BCUT2D eigenvalue weighted by Crippen LogP contribution is 2.29.